The summed E-state index contributed by atoms with van der Waals surface area (Å²) in [4.78, 5) is 28.5. The van der Waals surface area contributed by atoms with Crippen LogP contribution in [0.25, 0.3) is 0 Å². The van der Waals surface area contributed by atoms with Gasteiger partial charge in [0.1, 0.15) is 0 Å². The van der Waals surface area contributed by atoms with Crippen LogP contribution in [0.3, 0.4) is 0 Å². The summed E-state index contributed by atoms with van der Waals surface area (Å²) < 4.78 is 4.90. The molecule has 0 saturated heterocycles. The van der Waals surface area contributed by atoms with Crippen LogP contribution in [0.5, 0.6) is 11.5 Å². The Morgan fingerprint density at radius 3 is 2.76 bits per heavy atom. The highest BCUT2D eigenvalue weighted by Crippen LogP contribution is 2.36. The fourth-order valence-corrected chi connectivity index (χ4v) is 1.98. The van der Waals surface area contributed by atoms with Gasteiger partial charge in [0.25, 0.3) is 5.56 Å². The third-order valence-corrected chi connectivity index (χ3v) is 3.23. The molecule has 0 saturated carbocycles. The van der Waals surface area contributed by atoms with E-state index in [2.05, 4.69) is 20.5 Å². The first kappa shape index (κ1) is 17.9. The van der Waals surface area contributed by atoms with E-state index >= 15 is 0 Å². The molecule has 0 aliphatic heterocycles. The van der Waals surface area contributed by atoms with Crippen LogP contribution >= 0.6 is 0 Å². The molecule has 2 aromatic rings. The summed E-state index contributed by atoms with van der Waals surface area (Å²) in [5, 5.41) is 24.6. The summed E-state index contributed by atoms with van der Waals surface area (Å²) in [5.74, 6) is -0.402. The summed E-state index contributed by atoms with van der Waals surface area (Å²) >= 11 is 0. The number of methoxy groups -OCH3 is 1. The van der Waals surface area contributed by atoms with Gasteiger partial charge in [-0.25, -0.2) is 10.4 Å². The fourth-order valence-electron chi connectivity index (χ4n) is 1.98. The van der Waals surface area contributed by atoms with Crippen LogP contribution < -0.4 is 15.7 Å². The number of H-pyrrole nitrogens is 1. The van der Waals surface area contributed by atoms with Gasteiger partial charge in [-0.05, 0) is 12.0 Å². The highest BCUT2D eigenvalue weighted by atomic mass is 16.6. The van der Waals surface area contributed by atoms with Gasteiger partial charge in [0.2, 0.25) is 11.7 Å². The van der Waals surface area contributed by atoms with Crippen molar-refractivity contribution in [2.24, 2.45) is 5.10 Å². The first-order valence-corrected chi connectivity index (χ1v) is 7.27. The summed E-state index contributed by atoms with van der Waals surface area (Å²) in [5.41, 5.74) is 2.65. The average Bonchev–Trinajstić information content (AvgIpc) is 2.55. The molecule has 10 nitrogen and oxygen atoms in total. The van der Waals surface area contributed by atoms with Gasteiger partial charge in [0, 0.05) is 17.7 Å². The fraction of sp³-hybridized carbons (Fsp3) is 0.267. The van der Waals surface area contributed by atoms with Gasteiger partial charge in [0.15, 0.2) is 5.75 Å². The lowest BCUT2D eigenvalue weighted by atomic mass is 10.1. The maximum atomic E-state index is 11.6. The highest BCUT2D eigenvalue weighted by Gasteiger charge is 2.19. The number of nitrogens with one attached hydrogen (secondary N) is 2. The lowest BCUT2D eigenvalue weighted by Gasteiger charge is -2.06. The second-order valence-corrected chi connectivity index (χ2v) is 5.39. The Hall–Kier alpha value is -3.43. The van der Waals surface area contributed by atoms with E-state index in [-0.39, 0.29) is 23.2 Å². The van der Waals surface area contributed by atoms with Crippen molar-refractivity contribution in [3.05, 3.63) is 49.9 Å². The molecule has 25 heavy (non-hydrogen) atoms. The molecule has 0 unspecified atom stereocenters. The van der Waals surface area contributed by atoms with Gasteiger partial charge in [-0.2, -0.15) is 5.10 Å². The Bertz CT molecular complexity index is 875. The lowest BCUT2D eigenvalue weighted by molar-refractivity contribution is -0.386. The maximum Gasteiger partial charge on any atom is 0.315 e. The number of nitrogens with zero attached hydrogens (tertiary/aromatic N) is 3. The second kappa shape index (κ2) is 7.43. The molecule has 10 heteroatoms. The second-order valence-electron chi connectivity index (χ2n) is 5.39. The molecule has 0 aliphatic rings. The zero-order valence-corrected chi connectivity index (χ0v) is 13.8. The standard InChI is InChI=1S/C15H17N5O5/c1-8(2)10-6-13(21)18-15(17-10)19-16-7-9-4-11(20(23)24)14(22)12(5-9)25-3/h4-8,22H,1-3H3,(H2,17,18,19,21)/b16-7-. The minimum absolute atomic E-state index is 0.0519. The van der Waals surface area contributed by atoms with E-state index in [0.717, 1.165) is 6.07 Å². The van der Waals surface area contributed by atoms with Crippen molar-refractivity contribution in [1.29, 1.82) is 0 Å². The van der Waals surface area contributed by atoms with Crippen molar-refractivity contribution >= 4 is 17.9 Å². The molecule has 0 atom stereocenters. The molecule has 1 aromatic heterocycles. The largest absolute Gasteiger partial charge is 0.500 e. The molecule has 0 spiro atoms. The minimum Gasteiger partial charge on any atom is -0.500 e. The maximum absolute atomic E-state index is 11.6. The van der Waals surface area contributed by atoms with Gasteiger partial charge in [-0.15, -0.1) is 0 Å². The van der Waals surface area contributed by atoms with Crippen molar-refractivity contribution in [3.63, 3.8) is 0 Å². The smallest absolute Gasteiger partial charge is 0.315 e. The Kier molecular flexibility index (Phi) is 5.32. The molecule has 2 rings (SSSR count). The van der Waals surface area contributed by atoms with Gasteiger partial charge in [-0.3, -0.25) is 19.9 Å². The number of aromatic hydroxyl groups is 1. The zero-order valence-electron chi connectivity index (χ0n) is 13.8. The monoisotopic (exact) mass is 347 g/mol. The summed E-state index contributed by atoms with van der Waals surface area (Å²) in [6, 6.07) is 3.92. The molecular weight excluding hydrogens is 330 g/mol. The highest BCUT2D eigenvalue weighted by molar-refractivity contribution is 5.83. The number of phenols is 1. The number of rotatable bonds is 6. The third-order valence-electron chi connectivity index (χ3n) is 3.23. The van der Waals surface area contributed by atoms with Gasteiger partial charge in [0.05, 0.1) is 23.9 Å². The molecular formula is C15H17N5O5. The molecule has 0 amide bonds. The number of nitro benzene ring substituents is 1. The number of aromatic nitrogens is 2. The van der Waals surface area contributed by atoms with Crippen molar-refractivity contribution in [2.75, 3.05) is 12.5 Å². The van der Waals surface area contributed by atoms with E-state index in [1.807, 2.05) is 13.8 Å². The quantitative estimate of drug-likeness (QED) is 0.412. The summed E-state index contributed by atoms with van der Waals surface area (Å²) in [6.45, 7) is 3.80. The van der Waals surface area contributed by atoms with Crippen molar-refractivity contribution in [1.82, 2.24) is 9.97 Å². The van der Waals surface area contributed by atoms with Crippen LogP contribution in [0.15, 0.2) is 28.1 Å². The molecule has 0 aliphatic carbocycles. The molecule has 1 heterocycles. The number of benzene rings is 1. The number of aromatic amines is 1. The molecule has 3 N–H and O–H groups in total. The Morgan fingerprint density at radius 2 is 2.16 bits per heavy atom. The van der Waals surface area contributed by atoms with E-state index in [4.69, 9.17) is 4.74 Å². The number of hydrogen-bond donors (Lipinski definition) is 3. The topological polar surface area (TPSA) is 143 Å². The summed E-state index contributed by atoms with van der Waals surface area (Å²) in [7, 11) is 1.28. The number of hydrazone groups is 1. The Morgan fingerprint density at radius 1 is 1.44 bits per heavy atom. The number of nitro groups is 1. The van der Waals surface area contributed by atoms with Crippen molar-refractivity contribution in [2.45, 2.75) is 19.8 Å². The Balaban J connectivity index is 2.27. The number of anilines is 1. The zero-order chi connectivity index (χ0) is 18.6. The van der Waals surface area contributed by atoms with Crippen LogP contribution in [-0.4, -0.2) is 33.3 Å². The van der Waals surface area contributed by atoms with E-state index in [1.54, 1.807) is 0 Å². The van der Waals surface area contributed by atoms with Crippen LogP contribution in [0.4, 0.5) is 11.6 Å². The number of ether oxygens (including phenoxy) is 1. The molecule has 132 valence electrons. The third kappa shape index (κ3) is 4.31. The SMILES string of the molecule is COc1cc(/C=N\Nc2nc(C(C)C)cc(=O)[nH]2)cc([N+](=O)[O-])c1O. The van der Waals surface area contributed by atoms with Crippen LogP contribution in [0, 0.1) is 10.1 Å². The van der Waals surface area contributed by atoms with Crippen molar-refractivity contribution in [3.8, 4) is 11.5 Å². The Labute approximate surface area is 142 Å². The lowest BCUT2D eigenvalue weighted by Crippen LogP contribution is -2.12. The first-order valence-electron chi connectivity index (χ1n) is 7.27. The predicted molar refractivity (Wildman–Crippen MR) is 91.5 cm³/mol. The molecule has 0 bridgehead atoms. The molecule has 0 fully saturated rings. The van der Waals surface area contributed by atoms with Crippen LogP contribution in [0.2, 0.25) is 0 Å². The van der Waals surface area contributed by atoms with Crippen LogP contribution in [-0.2, 0) is 0 Å². The van der Waals surface area contributed by atoms with Crippen molar-refractivity contribution < 1.29 is 14.8 Å². The average molecular weight is 347 g/mol. The van der Waals surface area contributed by atoms with E-state index < -0.39 is 16.4 Å². The van der Waals surface area contributed by atoms with E-state index in [9.17, 15) is 20.0 Å². The van der Waals surface area contributed by atoms with Gasteiger partial charge >= 0.3 is 5.69 Å². The molecule has 0 radical (unpaired) electrons. The normalized spacial score (nSPS) is 11.0. The number of hydrogen-bond acceptors (Lipinski definition) is 8. The summed E-state index contributed by atoms with van der Waals surface area (Å²) in [6.07, 6.45) is 1.27. The molecule has 1 aromatic carbocycles. The predicted octanol–water partition coefficient (Wildman–Crippen LogP) is 1.96. The minimum atomic E-state index is -0.728. The number of phenolic OH excluding ortho intramolecular Hbond substituents is 1. The van der Waals surface area contributed by atoms with Gasteiger partial charge in [-0.1, -0.05) is 13.8 Å². The first-order chi connectivity index (χ1) is 11.8. The van der Waals surface area contributed by atoms with E-state index in [1.165, 1.54) is 25.5 Å². The van der Waals surface area contributed by atoms with Gasteiger partial charge < -0.3 is 9.84 Å². The van der Waals surface area contributed by atoms with Crippen LogP contribution in [0.1, 0.15) is 31.0 Å². The van der Waals surface area contributed by atoms with E-state index in [0.29, 0.717) is 11.3 Å².